The zero-order valence-corrected chi connectivity index (χ0v) is 20.3. The molecule has 1 aromatic heterocycles. The summed E-state index contributed by atoms with van der Waals surface area (Å²) in [5, 5.41) is 2.82. The summed E-state index contributed by atoms with van der Waals surface area (Å²) in [5.41, 5.74) is 13.4. The third-order valence-electron chi connectivity index (χ3n) is 6.33. The van der Waals surface area contributed by atoms with Crippen LogP contribution < -0.4 is 11.1 Å². The molecule has 1 amide bonds. The van der Waals surface area contributed by atoms with Gasteiger partial charge in [-0.1, -0.05) is 72.3 Å². The lowest BCUT2D eigenvalue weighted by Gasteiger charge is -2.19. The Morgan fingerprint density at radius 1 is 0.944 bits per heavy atom. The SMILES string of the molecule is Cc1ccc(C(C)n2c(-c3cccc(C=CC(=O)Nc4ccccc4N)c3)nc3ccccc32)cc1. The van der Waals surface area contributed by atoms with Gasteiger partial charge < -0.3 is 15.6 Å². The first-order chi connectivity index (χ1) is 17.5. The fourth-order valence-electron chi connectivity index (χ4n) is 4.37. The molecule has 3 N–H and O–H groups in total. The molecule has 1 heterocycles. The highest BCUT2D eigenvalue weighted by Crippen LogP contribution is 2.32. The summed E-state index contributed by atoms with van der Waals surface area (Å²) >= 11 is 0. The molecule has 36 heavy (non-hydrogen) atoms. The van der Waals surface area contributed by atoms with Crippen LogP contribution >= 0.6 is 0 Å². The van der Waals surface area contributed by atoms with Crippen molar-refractivity contribution in [1.82, 2.24) is 9.55 Å². The van der Waals surface area contributed by atoms with Gasteiger partial charge in [0.25, 0.3) is 0 Å². The van der Waals surface area contributed by atoms with E-state index in [0.717, 1.165) is 28.0 Å². The Kier molecular flexibility index (Phi) is 6.37. The molecule has 1 atom stereocenters. The third kappa shape index (κ3) is 4.77. The van der Waals surface area contributed by atoms with E-state index < -0.39 is 0 Å². The van der Waals surface area contributed by atoms with Crippen molar-refractivity contribution >= 4 is 34.4 Å². The molecule has 5 nitrogen and oxygen atoms in total. The number of carbonyl (C=O) groups excluding carboxylic acids is 1. The lowest BCUT2D eigenvalue weighted by molar-refractivity contribution is -0.111. The number of nitrogen functional groups attached to an aromatic ring is 1. The number of hydrogen-bond acceptors (Lipinski definition) is 3. The molecule has 5 rings (SSSR count). The van der Waals surface area contributed by atoms with Crippen LogP contribution in [0.25, 0.3) is 28.5 Å². The average molecular weight is 473 g/mol. The summed E-state index contributed by atoms with van der Waals surface area (Å²) in [4.78, 5) is 17.5. The van der Waals surface area contributed by atoms with Crippen molar-refractivity contribution in [1.29, 1.82) is 0 Å². The van der Waals surface area contributed by atoms with Gasteiger partial charge in [0.2, 0.25) is 5.91 Å². The van der Waals surface area contributed by atoms with Gasteiger partial charge in [-0.3, -0.25) is 4.79 Å². The Morgan fingerprint density at radius 2 is 1.69 bits per heavy atom. The van der Waals surface area contributed by atoms with Crippen molar-refractivity contribution in [2.24, 2.45) is 0 Å². The molecule has 0 saturated carbocycles. The minimum Gasteiger partial charge on any atom is -0.397 e. The number of fused-ring (bicyclic) bond motifs is 1. The first-order valence-electron chi connectivity index (χ1n) is 12.0. The Bertz CT molecular complexity index is 1560. The zero-order chi connectivity index (χ0) is 25.1. The number of nitrogens with zero attached hydrogens (tertiary/aromatic N) is 2. The monoisotopic (exact) mass is 472 g/mol. The average Bonchev–Trinajstić information content (AvgIpc) is 3.29. The van der Waals surface area contributed by atoms with Crippen LogP contribution in [-0.4, -0.2) is 15.5 Å². The van der Waals surface area contributed by atoms with Gasteiger partial charge in [0.05, 0.1) is 28.5 Å². The first kappa shape index (κ1) is 23.1. The highest BCUT2D eigenvalue weighted by molar-refractivity contribution is 6.03. The molecule has 178 valence electrons. The van der Waals surface area contributed by atoms with Crippen molar-refractivity contribution in [2.45, 2.75) is 19.9 Å². The number of carbonyl (C=O) groups is 1. The smallest absolute Gasteiger partial charge is 0.248 e. The molecular formula is C31H28N4O. The lowest BCUT2D eigenvalue weighted by Crippen LogP contribution is -2.09. The van der Waals surface area contributed by atoms with E-state index in [0.29, 0.717) is 11.4 Å². The Morgan fingerprint density at radius 3 is 2.50 bits per heavy atom. The van der Waals surface area contributed by atoms with Crippen LogP contribution in [-0.2, 0) is 4.79 Å². The molecule has 0 aliphatic rings. The van der Waals surface area contributed by atoms with Crippen LogP contribution in [0.4, 0.5) is 11.4 Å². The number of nitrogens with two attached hydrogens (primary N) is 1. The second-order valence-electron chi connectivity index (χ2n) is 8.92. The molecule has 0 saturated heterocycles. The second kappa shape index (κ2) is 9.92. The summed E-state index contributed by atoms with van der Waals surface area (Å²) in [6.07, 6.45) is 3.32. The summed E-state index contributed by atoms with van der Waals surface area (Å²) in [6.45, 7) is 4.30. The van der Waals surface area contributed by atoms with Crippen LogP contribution in [0.15, 0.2) is 103 Å². The summed E-state index contributed by atoms with van der Waals surface area (Å²) in [6, 6.07) is 32.2. The number of amides is 1. The van der Waals surface area contributed by atoms with E-state index in [1.807, 2.05) is 42.5 Å². The molecule has 0 fully saturated rings. The molecule has 4 aromatic carbocycles. The van der Waals surface area contributed by atoms with Crippen molar-refractivity contribution in [2.75, 3.05) is 11.1 Å². The predicted molar refractivity (Wildman–Crippen MR) is 149 cm³/mol. The fourth-order valence-corrected chi connectivity index (χ4v) is 4.37. The molecular weight excluding hydrogens is 444 g/mol. The Labute approximate surface area is 210 Å². The van der Waals surface area contributed by atoms with Gasteiger partial charge in [0.15, 0.2) is 0 Å². The number of aromatic nitrogens is 2. The minimum absolute atomic E-state index is 0.0920. The fraction of sp³-hybridized carbons (Fsp3) is 0.0968. The number of imidazole rings is 1. The first-order valence-corrected chi connectivity index (χ1v) is 12.0. The molecule has 5 aromatic rings. The Hall–Kier alpha value is -4.64. The summed E-state index contributed by atoms with van der Waals surface area (Å²) in [5.74, 6) is 0.652. The standard InChI is InChI=1S/C31H28N4O/c1-21-14-17-24(18-15-21)22(2)35-29-13-6-5-12-28(29)34-31(35)25-9-7-8-23(20-25)16-19-30(36)33-27-11-4-3-10-26(27)32/h3-20,22H,32H2,1-2H3,(H,33,36). The molecule has 0 aliphatic heterocycles. The zero-order valence-electron chi connectivity index (χ0n) is 20.3. The van der Waals surface area contributed by atoms with Crippen LogP contribution in [0.2, 0.25) is 0 Å². The molecule has 0 bridgehead atoms. The van der Waals surface area contributed by atoms with Crippen LogP contribution in [0.3, 0.4) is 0 Å². The van der Waals surface area contributed by atoms with Crippen molar-refractivity contribution < 1.29 is 4.79 Å². The van der Waals surface area contributed by atoms with Gasteiger partial charge in [0, 0.05) is 11.6 Å². The van der Waals surface area contributed by atoms with E-state index in [-0.39, 0.29) is 11.9 Å². The number of rotatable bonds is 6. The van der Waals surface area contributed by atoms with Gasteiger partial charge >= 0.3 is 0 Å². The lowest BCUT2D eigenvalue weighted by atomic mass is 10.0. The van der Waals surface area contributed by atoms with E-state index in [4.69, 9.17) is 10.7 Å². The van der Waals surface area contributed by atoms with E-state index in [1.165, 1.54) is 17.2 Å². The van der Waals surface area contributed by atoms with Crippen molar-refractivity contribution in [3.8, 4) is 11.4 Å². The predicted octanol–water partition coefficient (Wildman–Crippen LogP) is 6.86. The maximum atomic E-state index is 12.5. The van der Waals surface area contributed by atoms with Gasteiger partial charge in [0.1, 0.15) is 5.82 Å². The maximum absolute atomic E-state index is 12.5. The molecule has 0 radical (unpaired) electrons. The molecule has 1 unspecified atom stereocenters. The number of para-hydroxylation sites is 4. The molecule has 5 heteroatoms. The maximum Gasteiger partial charge on any atom is 0.248 e. The van der Waals surface area contributed by atoms with Crippen molar-refractivity contribution in [3.63, 3.8) is 0 Å². The quantitative estimate of drug-likeness (QED) is 0.210. The van der Waals surface area contributed by atoms with Gasteiger partial charge in [-0.15, -0.1) is 0 Å². The minimum atomic E-state index is -0.237. The van der Waals surface area contributed by atoms with Gasteiger partial charge in [-0.05, 0) is 61.4 Å². The second-order valence-corrected chi connectivity index (χ2v) is 8.92. The highest BCUT2D eigenvalue weighted by atomic mass is 16.1. The van der Waals surface area contributed by atoms with Crippen LogP contribution in [0, 0.1) is 6.92 Å². The number of benzene rings is 4. The van der Waals surface area contributed by atoms with Crippen LogP contribution in [0.1, 0.15) is 29.7 Å². The number of hydrogen-bond donors (Lipinski definition) is 2. The van der Waals surface area contributed by atoms with E-state index in [9.17, 15) is 4.79 Å². The highest BCUT2D eigenvalue weighted by Gasteiger charge is 2.18. The molecule has 0 aliphatic carbocycles. The normalized spacial score (nSPS) is 12.2. The van der Waals surface area contributed by atoms with Gasteiger partial charge in [-0.2, -0.15) is 0 Å². The number of aryl methyl sites for hydroxylation is 1. The van der Waals surface area contributed by atoms with Crippen molar-refractivity contribution in [3.05, 3.63) is 120 Å². The van der Waals surface area contributed by atoms with E-state index >= 15 is 0 Å². The van der Waals surface area contributed by atoms with Crippen LogP contribution in [0.5, 0.6) is 0 Å². The van der Waals surface area contributed by atoms with E-state index in [2.05, 4.69) is 66.2 Å². The topological polar surface area (TPSA) is 72.9 Å². The summed E-state index contributed by atoms with van der Waals surface area (Å²) < 4.78 is 2.29. The van der Waals surface area contributed by atoms with Gasteiger partial charge in [-0.25, -0.2) is 4.98 Å². The Balaban J connectivity index is 1.48. The van der Waals surface area contributed by atoms with E-state index in [1.54, 1.807) is 18.2 Å². The number of anilines is 2. The summed E-state index contributed by atoms with van der Waals surface area (Å²) in [7, 11) is 0. The largest absolute Gasteiger partial charge is 0.397 e. The number of nitrogens with one attached hydrogen (secondary N) is 1. The molecule has 0 spiro atoms. The third-order valence-corrected chi connectivity index (χ3v) is 6.33.